The highest BCUT2D eigenvalue weighted by Gasteiger charge is 2.52. The van der Waals surface area contributed by atoms with Crippen LogP contribution in [0.2, 0.25) is 0 Å². The molecule has 13 heavy (non-hydrogen) atoms. The molecule has 0 aromatic rings. The predicted molar refractivity (Wildman–Crippen MR) is 38.3 cm³/mol. The van der Waals surface area contributed by atoms with E-state index in [1.807, 2.05) is 5.48 Å². The topological polar surface area (TPSA) is 119 Å². The minimum absolute atomic E-state index is 1.09. The fourth-order valence-corrected chi connectivity index (χ4v) is 0.982. The second-order valence-electron chi connectivity index (χ2n) is 3.01. The summed E-state index contributed by atoms with van der Waals surface area (Å²) >= 11 is 0. The number of rotatable bonds is 1. The Labute approximate surface area is 73.5 Å². The van der Waals surface area contributed by atoms with Crippen molar-refractivity contribution >= 4 is 5.97 Å². The first kappa shape index (κ1) is 10.4. The zero-order valence-corrected chi connectivity index (χ0v) is 6.84. The molecule has 1 heterocycles. The Balaban J connectivity index is 2.85. The largest absolute Gasteiger partial charge is 0.479 e. The third-order valence-corrected chi connectivity index (χ3v) is 2.03. The number of carbonyl (C=O) groups is 1. The molecule has 0 aromatic heterocycles. The Morgan fingerprint density at radius 1 is 1.46 bits per heavy atom. The van der Waals surface area contributed by atoms with Gasteiger partial charge in [-0.1, -0.05) is 0 Å². The number of hydrogen-bond acceptors (Lipinski definition) is 6. The lowest BCUT2D eigenvalue weighted by molar-refractivity contribution is -0.274. The minimum Gasteiger partial charge on any atom is -0.479 e. The van der Waals surface area contributed by atoms with Crippen LogP contribution < -0.4 is 5.48 Å². The molecule has 7 heteroatoms. The maximum atomic E-state index is 10.6. The van der Waals surface area contributed by atoms with E-state index in [2.05, 4.69) is 4.84 Å². The molecule has 0 aromatic carbocycles. The van der Waals surface area contributed by atoms with Crippen molar-refractivity contribution in [2.75, 3.05) is 0 Å². The lowest BCUT2D eigenvalue weighted by atomic mass is 9.93. The Morgan fingerprint density at radius 3 is 2.46 bits per heavy atom. The molecule has 7 nitrogen and oxygen atoms in total. The van der Waals surface area contributed by atoms with Gasteiger partial charge in [0.05, 0.1) is 0 Å². The molecule has 0 spiro atoms. The van der Waals surface area contributed by atoms with Crippen molar-refractivity contribution in [1.82, 2.24) is 5.48 Å². The van der Waals surface area contributed by atoms with Crippen molar-refractivity contribution < 1.29 is 30.1 Å². The number of hydroxylamine groups is 1. The lowest BCUT2D eigenvalue weighted by Crippen LogP contribution is -2.66. The number of nitrogens with one attached hydrogen (secondary N) is 1. The van der Waals surface area contributed by atoms with Gasteiger partial charge in [0.2, 0.25) is 5.60 Å². The van der Waals surface area contributed by atoms with E-state index in [9.17, 15) is 9.90 Å². The van der Waals surface area contributed by atoms with E-state index in [1.165, 1.54) is 0 Å². The average Bonchev–Trinajstić information content (AvgIpc) is 2.08. The van der Waals surface area contributed by atoms with E-state index in [1.54, 1.807) is 0 Å². The van der Waals surface area contributed by atoms with Crippen LogP contribution in [0.1, 0.15) is 6.92 Å². The van der Waals surface area contributed by atoms with E-state index in [0.29, 0.717) is 0 Å². The number of carboxylic acids is 1. The van der Waals surface area contributed by atoms with Gasteiger partial charge in [-0.05, 0) is 6.92 Å². The zero-order valence-electron chi connectivity index (χ0n) is 6.84. The summed E-state index contributed by atoms with van der Waals surface area (Å²) in [4.78, 5) is 15.1. The van der Waals surface area contributed by atoms with Crippen molar-refractivity contribution in [2.24, 2.45) is 0 Å². The minimum atomic E-state index is -1.96. The normalized spacial score (nSPS) is 46.0. The highest BCUT2D eigenvalue weighted by atomic mass is 16.7. The maximum absolute atomic E-state index is 10.6. The molecule has 0 saturated carbocycles. The molecule has 0 amide bonds. The quantitative estimate of drug-likeness (QED) is 0.310. The third-order valence-electron chi connectivity index (χ3n) is 2.03. The van der Waals surface area contributed by atoms with Crippen LogP contribution in [0.3, 0.4) is 0 Å². The van der Waals surface area contributed by atoms with Crippen molar-refractivity contribution in [2.45, 2.75) is 31.0 Å². The van der Waals surface area contributed by atoms with Crippen LogP contribution in [0.25, 0.3) is 0 Å². The smallest absolute Gasteiger partial charge is 0.340 e. The number of carboxylic acid groups (broad SMARTS) is 1. The van der Waals surface area contributed by atoms with E-state index in [0.717, 1.165) is 6.92 Å². The van der Waals surface area contributed by atoms with E-state index < -0.39 is 30.0 Å². The van der Waals surface area contributed by atoms with Crippen molar-refractivity contribution in [3.8, 4) is 0 Å². The molecule has 1 fully saturated rings. The van der Waals surface area contributed by atoms with Crippen molar-refractivity contribution in [3.63, 3.8) is 0 Å². The molecule has 0 radical (unpaired) electrons. The van der Waals surface area contributed by atoms with Gasteiger partial charge in [0.15, 0.2) is 6.23 Å². The zero-order chi connectivity index (χ0) is 10.2. The van der Waals surface area contributed by atoms with E-state index in [-0.39, 0.29) is 0 Å². The SMILES string of the molecule is C[C@]1(C(=O)O)ON[C@@H](O)[C@@H](O)[C@@H]1O. The summed E-state index contributed by atoms with van der Waals surface area (Å²) in [6.45, 7) is 1.09. The monoisotopic (exact) mass is 193 g/mol. The molecule has 4 atom stereocenters. The summed E-state index contributed by atoms with van der Waals surface area (Å²) < 4.78 is 0. The lowest BCUT2D eigenvalue weighted by Gasteiger charge is -2.39. The number of aliphatic carboxylic acids is 1. The Kier molecular flexibility index (Phi) is 2.55. The van der Waals surface area contributed by atoms with Gasteiger partial charge in [0, 0.05) is 0 Å². The molecule has 0 aliphatic carbocycles. The second kappa shape index (κ2) is 3.20. The summed E-state index contributed by atoms with van der Waals surface area (Å²) in [5, 5.41) is 36.0. The Hall–Kier alpha value is -0.730. The van der Waals surface area contributed by atoms with Gasteiger partial charge in [-0.15, -0.1) is 0 Å². The van der Waals surface area contributed by atoms with Crippen LogP contribution in [0.15, 0.2) is 0 Å². The average molecular weight is 193 g/mol. The summed E-state index contributed by atoms with van der Waals surface area (Å²) in [5.41, 5.74) is -0.0609. The maximum Gasteiger partial charge on any atom is 0.340 e. The summed E-state index contributed by atoms with van der Waals surface area (Å²) in [7, 11) is 0. The first-order chi connectivity index (χ1) is 5.89. The molecule has 1 saturated heterocycles. The predicted octanol–water partition coefficient (Wildman–Crippen LogP) is -2.60. The first-order valence-corrected chi connectivity index (χ1v) is 3.60. The van der Waals surface area contributed by atoms with Gasteiger partial charge < -0.3 is 20.4 Å². The Bertz CT molecular complexity index is 221. The second-order valence-corrected chi connectivity index (χ2v) is 3.01. The van der Waals surface area contributed by atoms with Gasteiger partial charge in [0.25, 0.3) is 0 Å². The summed E-state index contributed by atoms with van der Waals surface area (Å²) in [6.07, 6.45) is -4.79. The summed E-state index contributed by atoms with van der Waals surface area (Å²) in [5.74, 6) is -1.43. The molecule has 0 bridgehead atoms. The van der Waals surface area contributed by atoms with Crippen LogP contribution in [-0.2, 0) is 9.63 Å². The Morgan fingerprint density at radius 2 is 2.00 bits per heavy atom. The van der Waals surface area contributed by atoms with Gasteiger partial charge in [0.1, 0.15) is 12.2 Å². The van der Waals surface area contributed by atoms with Gasteiger partial charge in [-0.2, -0.15) is 5.48 Å². The molecule has 1 aliphatic heterocycles. The van der Waals surface area contributed by atoms with Gasteiger partial charge in [-0.3, -0.25) is 4.84 Å². The molecule has 0 unspecified atom stereocenters. The fourth-order valence-electron chi connectivity index (χ4n) is 0.982. The molecule has 1 aliphatic rings. The van der Waals surface area contributed by atoms with E-state index in [4.69, 9.17) is 15.3 Å². The number of aliphatic hydroxyl groups is 3. The third kappa shape index (κ3) is 1.52. The molecule has 1 rings (SSSR count). The summed E-state index contributed by atoms with van der Waals surface area (Å²) in [6, 6.07) is 0. The highest BCUT2D eigenvalue weighted by Crippen LogP contribution is 2.23. The van der Waals surface area contributed by atoms with Crippen LogP contribution in [0, 0.1) is 0 Å². The first-order valence-electron chi connectivity index (χ1n) is 3.60. The number of hydrogen-bond donors (Lipinski definition) is 5. The fraction of sp³-hybridized carbons (Fsp3) is 0.833. The van der Waals surface area contributed by atoms with E-state index >= 15 is 0 Å². The number of aliphatic hydroxyl groups excluding tert-OH is 3. The van der Waals surface area contributed by atoms with Gasteiger partial charge >= 0.3 is 5.97 Å². The molecule has 76 valence electrons. The highest BCUT2D eigenvalue weighted by molar-refractivity contribution is 5.78. The molecular weight excluding hydrogens is 182 g/mol. The van der Waals surface area contributed by atoms with Crippen LogP contribution >= 0.6 is 0 Å². The van der Waals surface area contributed by atoms with Crippen LogP contribution in [-0.4, -0.2) is 50.4 Å². The van der Waals surface area contributed by atoms with Gasteiger partial charge in [-0.25, -0.2) is 4.79 Å². The standard InChI is InChI=1S/C6H11NO6/c1-6(5(11)12)3(9)2(8)4(10)7-13-6/h2-4,7-10H,1H3,(H,11,12)/t2-,3-,4-,6-/m0/s1. The van der Waals surface area contributed by atoms with Crippen molar-refractivity contribution in [1.29, 1.82) is 0 Å². The van der Waals surface area contributed by atoms with Crippen LogP contribution in [0.5, 0.6) is 0 Å². The van der Waals surface area contributed by atoms with Crippen molar-refractivity contribution in [3.05, 3.63) is 0 Å². The molecular formula is C6H11NO6. The van der Waals surface area contributed by atoms with Crippen LogP contribution in [0.4, 0.5) is 0 Å². The molecule has 5 N–H and O–H groups in total.